The number of carbonyl (C=O) groups excluding carboxylic acids is 2. The van der Waals surface area contributed by atoms with Gasteiger partial charge in [0.2, 0.25) is 0 Å². The lowest BCUT2D eigenvalue weighted by Gasteiger charge is -2.08. The summed E-state index contributed by atoms with van der Waals surface area (Å²) in [6.07, 6.45) is 5.82. The van der Waals surface area contributed by atoms with Crippen molar-refractivity contribution in [3.05, 3.63) is 0 Å². The highest BCUT2D eigenvalue weighted by atomic mass is 16.6. The Hall–Kier alpha value is -2.31. The average molecular weight is 550 g/mol. The first-order valence-corrected chi connectivity index (χ1v) is 12.7. The molecule has 0 bridgehead atoms. The van der Waals surface area contributed by atoms with E-state index in [1.165, 1.54) is 0 Å². The van der Waals surface area contributed by atoms with Gasteiger partial charge in [0.15, 0.2) is 6.61 Å². The van der Waals surface area contributed by atoms with Gasteiger partial charge in [0.25, 0.3) is 0 Å². The number of hydrogen-bond acceptors (Lipinski definition) is 11. The molecular weight excluding hydrogens is 506 g/mol. The first kappa shape index (κ1) is 35.7. The monoisotopic (exact) mass is 549 g/mol. The zero-order valence-corrected chi connectivity index (χ0v) is 22.2. The second-order valence-electron chi connectivity index (χ2n) is 7.53. The smallest absolute Gasteiger partial charge is 0.408 e. The predicted octanol–water partition coefficient (Wildman–Crippen LogP) is 0.676. The van der Waals surface area contributed by atoms with E-state index in [9.17, 15) is 14.4 Å². The largest absolute Gasteiger partial charge is 0.481 e. The summed E-state index contributed by atoms with van der Waals surface area (Å²) >= 11 is 0. The SMILES string of the molecule is C#CCOC(=O)NCCOCCOCCOCCC(=O)CCCOCCOCCOCCOCCC(=O)O. The zero-order valence-electron chi connectivity index (χ0n) is 22.2. The summed E-state index contributed by atoms with van der Waals surface area (Å²) in [4.78, 5) is 33.3. The molecule has 0 aliphatic rings. The Labute approximate surface area is 224 Å². The summed E-state index contributed by atoms with van der Waals surface area (Å²) < 4.78 is 41.9. The Balaban J connectivity index is 3.21. The van der Waals surface area contributed by atoms with E-state index in [-0.39, 0.29) is 25.4 Å². The normalized spacial score (nSPS) is 10.7. The van der Waals surface area contributed by atoms with Gasteiger partial charge >= 0.3 is 12.1 Å². The number of amides is 1. The highest BCUT2D eigenvalue weighted by Crippen LogP contribution is 1.97. The maximum absolute atomic E-state index is 11.8. The molecule has 0 unspecified atom stereocenters. The minimum atomic E-state index is -0.886. The van der Waals surface area contributed by atoms with E-state index in [2.05, 4.69) is 16.0 Å². The molecule has 220 valence electrons. The summed E-state index contributed by atoms with van der Waals surface area (Å²) in [5, 5.41) is 11.0. The molecule has 0 saturated carbocycles. The summed E-state index contributed by atoms with van der Waals surface area (Å²) in [5.74, 6) is 1.43. The molecule has 0 aliphatic carbocycles. The van der Waals surface area contributed by atoms with Gasteiger partial charge in [0.1, 0.15) is 5.78 Å². The standard InChI is InChI=1S/C25H43NO12/c1-2-8-38-25(30)26-7-12-34-16-20-36-18-14-32-10-5-23(27)4-3-9-31-13-17-35-21-22-37-19-15-33-11-6-24(28)29/h1H,3-22H2,(H,26,30)(H,28,29). The molecule has 0 radical (unpaired) electrons. The van der Waals surface area contributed by atoms with Crippen molar-refractivity contribution in [2.45, 2.75) is 25.7 Å². The summed E-state index contributed by atoms with van der Waals surface area (Å²) in [6, 6.07) is 0. The molecule has 1 amide bonds. The number of carboxylic acids is 1. The summed E-state index contributed by atoms with van der Waals surface area (Å²) in [6.45, 7) is 5.65. The fourth-order valence-electron chi connectivity index (χ4n) is 2.53. The van der Waals surface area contributed by atoms with Crippen molar-refractivity contribution < 1.29 is 57.4 Å². The van der Waals surface area contributed by atoms with Gasteiger partial charge in [-0.15, -0.1) is 6.42 Å². The van der Waals surface area contributed by atoms with Crippen LogP contribution in [0.25, 0.3) is 0 Å². The Morgan fingerprint density at radius 2 is 1.05 bits per heavy atom. The number of hydrogen-bond donors (Lipinski definition) is 2. The lowest BCUT2D eigenvalue weighted by molar-refractivity contribution is -0.138. The summed E-state index contributed by atoms with van der Waals surface area (Å²) in [5.41, 5.74) is 0. The van der Waals surface area contributed by atoms with Crippen LogP contribution in [0.5, 0.6) is 0 Å². The fourth-order valence-corrected chi connectivity index (χ4v) is 2.53. The van der Waals surface area contributed by atoms with Crippen molar-refractivity contribution >= 4 is 17.8 Å². The van der Waals surface area contributed by atoms with Gasteiger partial charge in [-0.1, -0.05) is 5.92 Å². The number of ketones is 1. The Morgan fingerprint density at radius 1 is 0.605 bits per heavy atom. The van der Waals surface area contributed by atoms with Crippen LogP contribution in [0.2, 0.25) is 0 Å². The van der Waals surface area contributed by atoms with Gasteiger partial charge < -0.3 is 48.3 Å². The number of terminal acetylenes is 1. The van der Waals surface area contributed by atoms with E-state index in [0.29, 0.717) is 112 Å². The molecule has 2 N–H and O–H groups in total. The van der Waals surface area contributed by atoms with Crippen LogP contribution in [0.15, 0.2) is 0 Å². The average Bonchev–Trinajstić information content (AvgIpc) is 2.90. The quantitative estimate of drug-likeness (QED) is 0.0994. The van der Waals surface area contributed by atoms with Crippen molar-refractivity contribution in [2.24, 2.45) is 0 Å². The molecule has 13 heteroatoms. The minimum absolute atomic E-state index is 0.0148. The van der Waals surface area contributed by atoms with Crippen LogP contribution in [0.1, 0.15) is 25.7 Å². The van der Waals surface area contributed by atoms with Crippen LogP contribution in [0, 0.1) is 12.3 Å². The van der Waals surface area contributed by atoms with E-state index >= 15 is 0 Å². The van der Waals surface area contributed by atoms with Crippen LogP contribution in [-0.2, 0) is 47.5 Å². The maximum Gasteiger partial charge on any atom is 0.408 e. The lowest BCUT2D eigenvalue weighted by Crippen LogP contribution is -2.28. The highest BCUT2D eigenvalue weighted by Gasteiger charge is 2.03. The molecule has 13 nitrogen and oxygen atoms in total. The van der Waals surface area contributed by atoms with E-state index in [0.717, 1.165) is 0 Å². The molecule has 38 heavy (non-hydrogen) atoms. The number of nitrogens with one attached hydrogen (secondary N) is 1. The summed E-state index contributed by atoms with van der Waals surface area (Å²) in [7, 11) is 0. The highest BCUT2D eigenvalue weighted by molar-refractivity contribution is 5.78. The van der Waals surface area contributed by atoms with E-state index in [4.69, 9.17) is 44.7 Å². The molecule has 0 aromatic carbocycles. The predicted molar refractivity (Wildman–Crippen MR) is 135 cm³/mol. The van der Waals surface area contributed by atoms with Crippen molar-refractivity contribution in [1.82, 2.24) is 5.32 Å². The molecule has 0 spiro atoms. The third-order valence-corrected chi connectivity index (χ3v) is 4.39. The topological polar surface area (TPSA) is 157 Å². The molecule has 0 rings (SSSR count). The molecular formula is C25H43NO12. The second kappa shape index (κ2) is 29.2. The first-order valence-electron chi connectivity index (χ1n) is 12.7. The number of rotatable bonds is 29. The van der Waals surface area contributed by atoms with Crippen LogP contribution >= 0.6 is 0 Å². The zero-order chi connectivity index (χ0) is 27.9. The van der Waals surface area contributed by atoms with Gasteiger partial charge in [-0.25, -0.2) is 4.79 Å². The van der Waals surface area contributed by atoms with Crippen LogP contribution in [0.3, 0.4) is 0 Å². The van der Waals surface area contributed by atoms with Crippen molar-refractivity contribution in [1.29, 1.82) is 0 Å². The number of carboxylic acid groups (broad SMARTS) is 1. The van der Waals surface area contributed by atoms with Crippen LogP contribution in [0.4, 0.5) is 4.79 Å². The van der Waals surface area contributed by atoms with Crippen LogP contribution < -0.4 is 5.32 Å². The third-order valence-electron chi connectivity index (χ3n) is 4.39. The number of ether oxygens (including phenoxy) is 8. The number of carbonyl (C=O) groups is 3. The molecule has 0 saturated heterocycles. The molecule has 0 aromatic heterocycles. The van der Waals surface area contributed by atoms with Crippen LogP contribution in [-0.4, -0.2) is 129 Å². The Morgan fingerprint density at radius 3 is 1.55 bits per heavy atom. The van der Waals surface area contributed by atoms with Gasteiger partial charge in [0.05, 0.1) is 92.3 Å². The van der Waals surface area contributed by atoms with Gasteiger partial charge in [-0.2, -0.15) is 0 Å². The van der Waals surface area contributed by atoms with Crippen molar-refractivity contribution in [3.63, 3.8) is 0 Å². The molecule has 0 fully saturated rings. The lowest BCUT2D eigenvalue weighted by atomic mass is 10.2. The van der Waals surface area contributed by atoms with Crippen molar-refractivity contribution in [2.75, 3.05) is 106 Å². The van der Waals surface area contributed by atoms with E-state index < -0.39 is 12.1 Å². The van der Waals surface area contributed by atoms with E-state index in [1.807, 2.05) is 0 Å². The number of aliphatic carboxylic acids is 1. The Kier molecular flexibility index (Phi) is 27.5. The van der Waals surface area contributed by atoms with E-state index in [1.54, 1.807) is 0 Å². The molecule has 0 heterocycles. The number of Topliss-reactive ketones (excluding diaryl/α,β-unsaturated/α-hetero) is 1. The van der Waals surface area contributed by atoms with Crippen molar-refractivity contribution in [3.8, 4) is 12.3 Å². The fraction of sp³-hybridized carbons (Fsp3) is 0.800. The maximum atomic E-state index is 11.8. The number of alkyl carbamates (subject to hydrolysis) is 1. The minimum Gasteiger partial charge on any atom is -0.481 e. The Bertz CT molecular complexity index is 626. The second-order valence-corrected chi connectivity index (χ2v) is 7.53. The van der Waals surface area contributed by atoms with Gasteiger partial charge in [-0.05, 0) is 6.42 Å². The third kappa shape index (κ3) is 29.9. The molecule has 0 atom stereocenters. The van der Waals surface area contributed by atoms with Gasteiger partial charge in [-0.3, -0.25) is 9.59 Å². The first-order chi connectivity index (χ1) is 18.6. The molecule has 0 aromatic rings. The molecule has 0 aliphatic heterocycles. The van der Waals surface area contributed by atoms with Gasteiger partial charge in [0, 0.05) is 26.0 Å².